The fraction of sp³-hybridized carbons (Fsp3) is 0.429. The van der Waals surface area contributed by atoms with Gasteiger partial charge in [0.2, 0.25) is 0 Å². The molecular formula is C14H21NO. The van der Waals surface area contributed by atoms with Gasteiger partial charge >= 0.3 is 0 Å². The average Bonchev–Trinajstić information content (AvgIpc) is 2.30. The van der Waals surface area contributed by atoms with E-state index in [1.54, 1.807) is 6.08 Å². The van der Waals surface area contributed by atoms with Crippen molar-refractivity contribution < 1.29 is 4.74 Å². The molecule has 0 fully saturated rings. The van der Waals surface area contributed by atoms with E-state index in [2.05, 4.69) is 37.9 Å². The zero-order valence-corrected chi connectivity index (χ0v) is 10.6. The first-order valence-corrected chi connectivity index (χ1v) is 5.65. The summed E-state index contributed by atoms with van der Waals surface area (Å²) >= 11 is 0. The molecule has 0 heterocycles. The number of nitrogens with one attached hydrogen (secondary N) is 1. The van der Waals surface area contributed by atoms with Crippen molar-refractivity contribution in [3.8, 4) is 5.75 Å². The van der Waals surface area contributed by atoms with Crippen LogP contribution in [0.3, 0.4) is 0 Å². The summed E-state index contributed by atoms with van der Waals surface area (Å²) in [6, 6.07) is 6.54. The lowest BCUT2D eigenvalue weighted by atomic mass is 10.0. The SMILES string of the molecule is C=CC(C)Oc1ccc(C)cc1C(C)NC. The number of hydrogen-bond acceptors (Lipinski definition) is 2. The molecule has 2 heteroatoms. The summed E-state index contributed by atoms with van der Waals surface area (Å²) in [5.41, 5.74) is 2.44. The van der Waals surface area contributed by atoms with Crippen LogP contribution in [0, 0.1) is 6.92 Å². The van der Waals surface area contributed by atoms with Crippen LogP contribution >= 0.6 is 0 Å². The maximum atomic E-state index is 5.81. The molecule has 1 aromatic carbocycles. The second-order valence-electron chi connectivity index (χ2n) is 4.11. The maximum absolute atomic E-state index is 5.81. The van der Waals surface area contributed by atoms with Gasteiger partial charge in [-0.05, 0) is 33.9 Å². The lowest BCUT2D eigenvalue weighted by molar-refractivity contribution is 0.265. The van der Waals surface area contributed by atoms with Crippen LogP contribution in [0.2, 0.25) is 0 Å². The van der Waals surface area contributed by atoms with E-state index in [1.165, 1.54) is 11.1 Å². The van der Waals surface area contributed by atoms with Crippen molar-refractivity contribution in [2.75, 3.05) is 7.05 Å². The van der Waals surface area contributed by atoms with Gasteiger partial charge in [-0.1, -0.05) is 30.4 Å². The van der Waals surface area contributed by atoms with Crippen molar-refractivity contribution in [3.05, 3.63) is 42.0 Å². The molecule has 0 aliphatic heterocycles. The van der Waals surface area contributed by atoms with Crippen molar-refractivity contribution in [3.63, 3.8) is 0 Å². The molecule has 0 bridgehead atoms. The number of ether oxygens (including phenoxy) is 1. The molecule has 0 spiro atoms. The average molecular weight is 219 g/mol. The standard InChI is InChI=1S/C14H21NO/c1-6-11(3)16-14-8-7-10(2)9-13(14)12(4)15-5/h6-9,11-12,15H,1H2,2-5H3. The van der Waals surface area contributed by atoms with Gasteiger partial charge in [-0.15, -0.1) is 0 Å². The third kappa shape index (κ3) is 3.11. The van der Waals surface area contributed by atoms with E-state index >= 15 is 0 Å². The number of hydrogen-bond donors (Lipinski definition) is 1. The Morgan fingerprint density at radius 2 is 2.06 bits per heavy atom. The smallest absolute Gasteiger partial charge is 0.124 e. The second kappa shape index (κ2) is 5.71. The quantitative estimate of drug-likeness (QED) is 0.768. The molecule has 1 aromatic rings. The summed E-state index contributed by atoms with van der Waals surface area (Å²) in [7, 11) is 1.95. The van der Waals surface area contributed by atoms with Crippen LogP contribution in [-0.4, -0.2) is 13.2 Å². The van der Waals surface area contributed by atoms with Crippen molar-refractivity contribution >= 4 is 0 Å². The minimum absolute atomic E-state index is 0.0329. The highest BCUT2D eigenvalue weighted by atomic mass is 16.5. The van der Waals surface area contributed by atoms with E-state index in [1.807, 2.05) is 20.0 Å². The fourth-order valence-corrected chi connectivity index (χ4v) is 1.52. The van der Waals surface area contributed by atoms with Gasteiger partial charge in [0.05, 0.1) is 0 Å². The van der Waals surface area contributed by atoms with Crippen LogP contribution in [0.25, 0.3) is 0 Å². The molecule has 0 aliphatic rings. The van der Waals surface area contributed by atoms with Gasteiger partial charge in [-0.2, -0.15) is 0 Å². The predicted octanol–water partition coefficient (Wildman–Crippen LogP) is 3.23. The molecule has 0 aliphatic carbocycles. The molecule has 0 radical (unpaired) electrons. The molecule has 1 rings (SSSR count). The van der Waals surface area contributed by atoms with Gasteiger partial charge in [-0.25, -0.2) is 0 Å². The van der Waals surface area contributed by atoms with Gasteiger partial charge < -0.3 is 10.1 Å². The Balaban J connectivity index is 3.02. The maximum Gasteiger partial charge on any atom is 0.124 e. The Kier molecular flexibility index (Phi) is 4.56. The Hall–Kier alpha value is -1.28. The van der Waals surface area contributed by atoms with Crippen molar-refractivity contribution in [1.82, 2.24) is 5.32 Å². The number of benzene rings is 1. The first-order valence-electron chi connectivity index (χ1n) is 5.65. The zero-order valence-electron chi connectivity index (χ0n) is 10.6. The van der Waals surface area contributed by atoms with Gasteiger partial charge in [0.15, 0.2) is 0 Å². The Morgan fingerprint density at radius 1 is 1.38 bits per heavy atom. The molecule has 0 amide bonds. The molecule has 88 valence electrons. The van der Waals surface area contributed by atoms with Crippen molar-refractivity contribution in [2.24, 2.45) is 0 Å². The third-order valence-electron chi connectivity index (χ3n) is 2.71. The number of aryl methyl sites for hydroxylation is 1. The first-order chi connectivity index (χ1) is 7.58. The van der Waals surface area contributed by atoms with Gasteiger partial charge in [0, 0.05) is 11.6 Å². The van der Waals surface area contributed by atoms with Crippen LogP contribution in [0.15, 0.2) is 30.9 Å². The topological polar surface area (TPSA) is 21.3 Å². The van der Waals surface area contributed by atoms with Gasteiger partial charge in [0.25, 0.3) is 0 Å². The summed E-state index contributed by atoms with van der Waals surface area (Å²) in [6.45, 7) is 9.93. The summed E-state index contributed by atoms with van der Waals surface area (Å²) in [5.74, 6) is 0.930. The van der Waals surface area contributed by atoms with Gasteiger partial charge in [-0.3, -0.25) is 0 Å². The van der Waals surface area contributed by atoms with E-state index in [-0.39, 0.29) is 12.1 Å². The van der Waals surface area contributed by atoms with Crippen LogP contribution in [0.1, 0.15) is 31.0 Å². The van der Waals surface area contributed by atoms with Crippen LogP contribution in [0.5, 0.6) is 5.75 Å². The summed E-state index contributed by atoms with van der Waals surface area (Å²) in [4.78, 5) is 0. The summed E-state index contributed by atoms with van der Waals surface area (Å²) in [5, 5.41) is 3.23. The minimum Gasteiger partial charge on any atom is -0.486 e. The fourth-order valence-electron chi connectivity index (χ4n) is 1.52. The van der Waals surface area contributed by atoms with Crippen molar-refractivity contribution in [2.45, 2.75) is 32.9 Å². The third-order valence-corrected chi connectivity index (χ3v) is 2.71. The highest BCUT2D eigenvalue weighted by Gasteiger charge is 2.11. The van der Waals surface area contributed by atoms with Crippen LogP contribution < -0.4 is 10.1 Å². The summed E-state index contributed by atoms with van der Waals surface area (Å²) < 4.78 is 5.81. The van der Waals surface area contributed by atoms with E-state index in [0.29, 0.717) is 0 Å². The van der Waals surface area contributed by atoms with Crippen molar-refractivity contribution in [1.29, 1.82) is 0 Å². The molecule has 2 atom stereocenters. The van der Waals surface area contributed by atoms with Crippen LogP contribution in [0.4, 0.5) is 0 Å². The lowest BCUT2D eigenvalue weighted by Gasteiger charge is -2.19. The molecule has 0 saturated carbocycles. The largest absolute Gasteiger partial charge is 0.486 e. The molecular weight excluding hydrogens is 198 g/mol. The van der Waals surface area contributed by atoms with E-state index in [4.69, 9.17) is 4.74 Å². The monoisotopic (exact) mass is 219 g/mol. The normalized spacial score (nSPS) is 14.2. The highest BCUT2D eigenvalue weighted by molar-refractivity contribution is 5.39. The molecule has 0 saturated heterocycles. The molecule has 2 unspecified atom stereocenters. The Morgan fingerprint density at radius 3 is 2.62 bits per heavy atom. The minimum atomic E-state index is 0.0329. The molecule has 1 N–H and O–H groups in total. The second-order valence-corrected chi connectivity index (χ2v) is 4.11. The molecule has 2 nitrogen and oxygen atoms in total. The number of rotatable bonds is 5. The van der Waals surface area contributed by atoms with E-state index in [0.717, 1.165) is 5.75 Å². The lowest BCUT2D eigenvalue weighted by Crippen LogP contribution is -2.16. The van der Waals surface area contributed by atoms with Gasteiger partial charge in [0.1, 0.15) is 11.9 Å². The molecule has 0 aromatic heterocycles. The zero-order chi connectivity index (χ0) is 12.1. The summed E-state index contributed by atoms with van der Waals surface area (Å²) in [6.07, 6.45) is 1.83. The highest BCUT2D eigenvalue weighted by Crippen LogP contribution is 2.27. The Labute approximate surface area is 98.3 Å². The van der Waals surface area contributed by atoms with E-state index in [9.17, 15) is 0 Å². The van der Waals surface area contributed by atoms with Crippen LogP contribution in [-0.2, 0) is 0 Å². The molecule has 16 heavy (non-hydrogen) atoms. The Bertz CT molecular complexity index is 360. The van der Waals surface area contributed by atoms with E-state index < -0.39 is 0 Å². The first kappa shape index (κ1) is 12.8. The predicted molar refractivity (Wildman–Crippen MR) is 68.9 cm³/mol.